The minimum absolute atomic E-state index is 0.189. The zero-order valence-electron chi connectivity index (χ0n) is 14.3. The van der Waals surface area contributed by atoms with Gasteiger partial charge in [-0.1, -0.05) is 23.9 Å². The maximum atomic E-state index is 12.0. The van der Waals surface area contributed by atoms with Crippen molar-refractivity contribution in [1.82, 2.24) is 15.0 Å². The molecule has 0 aliphatic rings. The smallest absolute Gasteiger partial charge is 0.250 e. The number of para-hydroxylation sites is 2. The number of benzene rings is 2. The number of aromatic nitrogens is 2. The zero-order valence-corrected chi connectivity index (χ0v) is 16.7. The molecule has 134 valence electrons. The van der Waals surface area contributed by atoms with Gasteiger partial charge in [0.15, 0.2) is 5.16 Å². The highest BCUT2D eigenvalue weighted by Gasteiger charge is 2.09. The Hall–Kier alpha value is -2.32. The van der Waals surface area contributed by atoms with E-state index in [1.807, 2.05) is 54.1 Å². The van der Waals surface area contributed by atoms with E-state index in [2.05, 4.69) is 31.4 Å². The molecule has 0 saturated carbocycles. The Kier molecular flexibility index (Phi) is 5.95. The van der Waals surface area contributed by atoms with Crippen molar-refractivity contribution in [3.63, 3.8) is 0 Å². The summed E-state index contributed by atoms with van der Waals surface area (Å²) in [6.07, 6.45) is 1.59. The van der Waals surface area contributed by atoms with Crippen molar-refractivity contribution in [2.75, 3.05) is 12.9 Å². The Morgan fingerprint density at radius 1 is 1.38 bits per heavy atom. The lowest BCUT2D eigenvalue weighted by Crippen LogP contribution is -2.19. The minimum atomic E-state index is -0.189. The fourth-order valence-electron chi connectivity index (χ4n) is 2.36. The predicted octanol–water partition coefficient (Wildman–Crippen LogP) is 3.59. The molecule has 1 amide bonds. The Bertz CT molecular complexity index is 971. The van der Waals surface area contributed by atoms with Gasteiger partial charge in [0.1, 0.15) is 5.75 Å². The van der Waals surface area contributed by atoms with Gasteiger partial charge in [0.2, 0.25) is 0 Å². The van der Waals surface area contributed by atoms with E-state index in [1.54, 1.807) is 13.3 Å². The second-order valence-corrected chi connectivity index (χ2v) is 7.21. The summed E-state index contributed by atoms with van der Waals surface area (Å²) in [5.74, 6) is 0.789. The van der Waals surface area contributed by atoms with Crippen LogP contribution in [0, 0.1) is 0 Å². The number of hydrazone groups is 1. The van der Waals surface area contributed by atoms with E-state index < -0.39 is 0 Å². The molecule has 1 aromatic heterocycles. The van der Waals surface area contributed by atoms with Crippen LogP contribution in [0.4, 0.5) is 0 Å². The van der Waals surface area contributed by atoms with Crippen molar-refractivity contribution in [2.45, 2.75) is 5.16 Å². The summed E-state index contributed by atoms with van der Waals surface area (Å²) in [6.45, 7) is 0. The lowest BCUT2D eigenvalue weighted by atomic mass is 10.2. The Morgan fingerprint density at radius 2 is 2.19 bits per heavy atom. The number of fused-ring (bicyclic) bond motifs is 1. The van der Waals surface area contributed by atoms with Crippen molar-refractivity contribution in [1.29, 1.82) is 0 Å². The van der Waals surface area contributed by atoms with E-state index in [0.717, 1.165) is 32.0 Å². The highest BCUT2D eigenvalue weighted by atomic mass is 79.9. The van der Waals surface area contributed by atoms with E-state index in [0.29, 0.717) is 0 Å². The molecule has 0 bridgehead atoms. The normalized spacial score (nSPS) is 11.2. The Labute approximate surface area is 163 Å². The molecule has 2 aromatic carbocycles. The molecule has 0 aliphatic carbocycles. The number of hydrogen-bond donors (Lipinski definition) is 1. The molecule has 0 fully saturated rings. The average molecular weight is 433 g/mol. The number of carbonyl (C=O) groups excluding carboxylic acids is 1. The monoisotopic (exact) mass is 432 g/mol. The lowest BCUT2D eigenvalue weighted by Gasteiger charge is -2.03. The molecule has 0 aliphatic heterocycles. The van der Waals surface area contributed by atoms with Crippen LogP contribution >= 0.6 is 27.7 Å². The van der Waals surface area contributed by atoms with Crippen LogP contribution < -0.4 is 10.2 Å². The highest BCUT2D eigenvalue weighted by molar-refractivity contribution is 9.10. The third kappa shape index (κ3) is 4.25. The Balaban J connectivity index is 1.55. The van der Waals surface area contributed by atoms with Gasteiger partial charge in [-0.15, -0.1) is 0 Å². The number of carbonyl (C=O) groups is 1. The summed E-state index contributed by atoms with van der Waals surface area (Å²) in [7, 11) is 3.55. The van der Waals surface area contributed by atoms with Gasteiger partial charge < -0.3 is 9.30 Å². The largest absolute Gasteiger partial charge is 0.496 e. The van der Waals surface area contributed by atoms with Crippen molar-refractivity contribution >= 4 is 50.8 Å². The molecule has 6 nitrogen and oxygen atoms in total. The van der Waals surface area contributed by atoms with Gasteiger partial charge in [-0.2, -0.15) is 5.10 Å². The van der Waals surface area contributed by atoms with Crippen molar-refractivity contribution < 1.29 is 9.53 Å². The maximum Gasteiger partial charge on any atom is 0.250 e. The first kappa shape index (κ1) is 18.5. The van der Waals surface area contributed by atoms with Gasteiger partial charge in [0.25, 0.3) is 5.91 Å². The van der Waals surface area contributed by atoms with Crippen LogP contribution in [0.15, 0.2) is 57.2 Å². The summed E-state index contributed by atoms with van der Waals surface area (Å²) in [6, 6.07) is 13.4. The number of halogens is 1. The highest BCUT2D eigenvalue weighted by Crippen LogP contribution is 2.25. The summed E-state index contributed by atoms with van der Waals surface area (Å²) < 4.78 is 7.98. The average Bonchev–Trinajstić information content (AvgIpc) is 2.96. The van der Waals surface area contributed by atoms with Crippen LogP contribution in [-0.4, -0.2) is 34.5 Å². The van der Waals surface area contributed by atoms with Crippen LogP contribution in [0.3, 0.4) is 0 Å². The maximum absolute atomic E-state index is 12.0. The third-order valence-electron chi connectivity index (χ3n) is 3.66. The summed E-state index contributed by atoms with van der Waals surface area (Å²) >= 11 is 4.79. The van der Waals surface area contributed by atoms with Crippen molar-refractivity contribution in [3.8, 4) is 5.75 Å². The molecular formula is C18H17BrN4O2S. The number of rotatable bonds is 6. The van der Waals surface area contributed by atoms with Gasteiger partial charge in [0.05, 0.1) is 34.6 Å². The minimum Gasteiger partial charge on any atom is -0.496 e. The standard InChI is InChI=1S/C18H17BrN4O2S/c1-23-15-6-4-3-5-14(15)21-18(23)26-11-17(24)22-20-10-12-7-8-16(25-2)13(19)9-12/h3-10H,11H2,1-2H3,(H,22,24). The fourth-order valence-corrected chi connectivity index (χ4v) is 3.69. The van der Waals surface area contributed by atoms with E-state index in [9.17, 15) is 4.79 Å². The van der Waals surface area contributed by atoms with Crippen LogP contribution in [0.1, 0.15) is 5.56 Å². The number of hydrogen-bond acceptors (Lipinski definition) is 5. The van der Waals surface area contributed by atoms with Gasteiger partial charge in [-0.05, 0) is 51.8 Å². The van der Waals surface area contributed by atoms with Crippen LogP contribution in [0.5, 0.6) is 5.75 Å². The molecule has 8 heteroatoms. The molecule has 1 heterocycles. The third-order valence-corrected chi connectivity index (χ3v) is 5.31. The van der Waals surface area contributed by atoms with E-state index in [-0.39, 0.29) is 11.7 Å². The molecule has 0 saturated heterocycles. The molecule has 3 aromatic rings. The quantitative estimate of drug-likeness (QED) is 0.367. The van der Waals surface area contributed by atoms with Crippen LogP contribution in [-0.2, 0) is 11.8 Å². The number of imidazole rings is 1. The topological polar surface area (TPSA) is 68.5 Å². The number of nitrogens with zero attached hydrogens (tertiary/aromatic N) is 3. The first-order valence-electron chi connectivity index (χ1n) is 7.78. The second kappa shape index (κ2) is 8.37. The number of amides is 1. The van der Waals surface area contributed by atoms with E-state index in [1.165, 1.54) is 11.8 Å². The molecule has 26 heavy (non-hydrogen) atoms. The number of thioether (sulfide) groups is 1. The Morgan fingerprint density at radius 3 is 2.92 bits per heavy atom. The molecule has 0 radical (unpaired) electrons. The first-order chi connectivity index (χ1) is 12.6. The first-order valence-corrected chi connectivity index (χ1v) is 9.56. The SMILES string of the molecule is COc1ccc(C=NNC(=O)CSc2nc3ccccc3n2C)cc1Br. The molecule has 3 rings (SSSR count). The molecular weight excluding hydrogens is 416 g/mol. The molecule has 1 N–H and O–H groups in total. The lowest BCUT2D eigenvalue weighted by molar-refractivity contribution is -0.118. The number of nitrogens with one attached hydrogen (secondary N) is 1. The second-order valence-electron chi connectivity index (χ2n) is 5.42. The van der Waals surface area contributed by atoms with Gasteiger partial charge in [-0.3, -0.25) is 4.79 Å². The predicted molar refractivity (Wildman–Crippen MR) is 108 cm³/mol. The zero-order chi connectivity index (χ0) is 18.5. The van der Waals surface area contributed by atoms with E-state index >= 15 is 0 Å². The number of methoxy groups -OCH3 is 1. The van der Waals surface area contributed by atoms with Crippen LogP contribution in [0.25, 0.3) is 11.0 Å². The molecule has 0 spiro atoms. The summed E-state index contributed by atoms with van der Waals surface area (Å²) in [5.41, 5.74) is 5.33. The number of aryl methyl sites for hydroxylation is 1. The van der Waals surface area contributed by atoms with Crippen molar-refractivity contribution in [2.24, 2.45) is 12.1 Å². The molecule has 0 unspecified atom stereocenters. The van der Waals surface area contributed by atoms with Crippen molar-refractivity contribution in [3.05, 3.63) is 52.5 Å². The van der Waals surface area contributed by atoms with Gasteiger partial charge >= 0.3 is 0 Å². The fraction of sp³-hybridized carbons (Fsp3) is 0.167. The molecule has 0 atom stereocenters. The van der Waals surface area contributed by atoms with Crippen LogP contribution in [0.2, 0.25) is 0 Å². The number of ether oxygens (including phenoxy) is 1. The van der Waals surface area contributed by atoms with E-state index in [4.69, 9.17) is 4.74 Å². The van der Waals surface area contributed by atoms with Gasteiger partial charge in [0, 0.05) is 7.05 Å². The summed E-state index contributed by atoms with van der Waals surface area (Å²) in [5, 5.41) is 4.78. The van der Waals surface area contributed by atoms with Gasteiger partial charge in [-0.25, -0.2) is 10.4 Å². The summed E-state index contributed by atoms with van der Waals surface area (Å²) in [4.78, 5) is 16.5.